The third-order valence-corrected chi connectivity index (χ3v) is 5.48. The number of likely N-dealkylation sites (N-methyl/N-ethyl adjacent to an activating group) is 1. The summed E-state index contributed by atoms with van der Waals surface area (Å²) in [5.41, 5.74) is 9.99. The molecule has 0 bridgehead atoms. The molecule has 27 heavy (non-hydrogen) atoms. The maximum Gasteiger partial charge on any atom is 0.193 e. The molecule has 3 N–H and O–H groups in total. The first kappa shape index (κ1) is 24.2. The van der Waals surface area contributed by atoms with Crippen LogP contribution in [0.3, 0.4) is 0 Å². The molecule has 0 aliphatic carbocycles. The molecule has 1 aromatic carbocycles. The lowest BCUT2D eigenvalue weighted by Crippen LogP contribution is -2.51. The van der Waals surface area contributed by atoms with E-state index in [0.29, 0.717) is 17.9 Å². The minimum absolute atomic E-state index is 0. The molecular weight excluding hydrogens is 449 g/mol. The van der Waals surface area contributed by atoms with Gasteiger partial charge in [0.15, 0.2) is 5.96 Å². The third kappa shape index (κ3) is 6.91. The monoisotopic (exact) mass is 487 g/mol. The molecule has 1 aliphatic heterocycles. The highest BCUT2D eigenvalue weighted by molar-refractivity contribution is 14.0. The molecule has 1 atom stereocenters. The minimum atomic E-state index is 0. The van der Waals surface area contributed by atoms with E-state index < -0.39 is 0 Å². The molecule has 0 spiro atoms. The summed E-state index contributed by atoms with van der Waals surface area (Å²) in [5, 5.41) is 3.39. The number of halogens is 1. The number of benzene rings is 1. The average Bonchev–Trinajstić information content (AvgIpc) is 2.63. The van der Waals surface area contributed by atoms with E-state index in [1.165, 1.54) is 11.1 Å². The van der Waals surface area contributed by atoms with Crippen molar-refractivity contribution in [3.05, 3.63) is 29.3 Å². The van der Waals surface area contributed by atoms with Crippen LogP contribution in [0.25, 0.3) is 0 Å². The van der Waals surface area contributed by atoms with E-state index in [0.717, 1.165) is 51.3 Å². The Morgan fingerprint density at radius 3 is 2.15 bits per heavy atom. The second-order valence-electron chi connectivity index (χ2n) is 7.66. The number of hydrogen-bond donors (Lipinski definition) is 2. The Hall–Kier alpha value is -0.860. The Labute approximate surface area is 182 Å². The highest BCUT2D eigenvalue weighted by Crippen LogP contribution is 2.22. The van der Waals surface area contributed by atoms with Crippen LogP contribution in [0, 0.1) is 5.92 Å². The number of rotatable bonds is 7. The van der Waals surface area contributed by atoms with Crippen molar-refractivity contribution in [3.8, 4) is 0 Å². The Balaban J connectivity index is 0.00000364. The molecule has 5 nitrogen and oxygen atoms in total. The van der Waals surface area contributed by atoms with E-state index >= 15 is 0 Å². The van der Waals surface area contributed by atoms with E-state index in [1.807, 2.05) is 0 Å². The fourth-order valence-corrected chi connectivity index (χ4v) is 3.66. The second-order valence-corrected chi connectivity index (χ2v) is 7.66. The van der Waals surface area contributed by atoms with Gasteiger partial charge in [-0.15, -0.1) is 24.0 Å². The van der Waals surface area contributed by atoms with Crippen molar-refractivity contribution >= 4 is 35.6 Å². The zero-order chi connectivity index (χ0) is 19.1. The summed E-state index contributed by atoms with van der Waals surface area (Å²) in [6, 6.07) is 6.89. The Bertz CT molecular complexity index is 572. The Kier molecular flexibility index (Phi) is 10.6. The summed E-state index contributed by atoms with van der Waals surface area (Å²) in [6.07, 6.45) is 1.97. The van der Waals surface area contributed by atoms with Crippen LogP contribution in [-0.2, 0) is 12.8 Å². The molecule has 1 aliphatic rings. The van der Waals surface area contributed by atoms with Gasteiger partial charge in [0.1, 0.15) is 0 Å². The van der Waals surface area contributed by atoms with Gasteiger partial charge in [-0.2, -0.15) is 0 Å². The molecule has 2 rings (SSSR count). The normalized spacial score (nSPS) is 17.6. The molecule has 1 unspecified atom stereocenters. The molecule has 1 heterocycles. The summed E-state index contributed by atoms with van der Waals surface area (Å²) < 4.78 is 0. The average molecular weight is 487 g/mol. The smallest absolute Gasteiger partial charge is 0.193 e. The summed E-state index contributed by atoms with van der Waals surface area (Å²) in [4.78, 5) is 9.67. The topological polar surface area (TPSA) is 56.9 Å². The van der Waals surface area contributed by atoms with E-state index in [-0.39, 0.29) is 24.0 Å². The van der Waals surface area contributed by atoms with Crippen LogP contribution in [0.4, 0.5) is 5.69 Å². The van der Waals surface area contributed by atoms with Gasteiger partial charge in [-0.1, -0.05) is 45.9 Å². The van der Waals surface area contributed by atoms with Crippen LogP contribution < -0.4 is 11.1 Å². The standard InChI is InChI=1S/C21H37N5.HI/c1-6-17-9-8-10-18(7-2)20(17)24-21(22)23-15-19(16(3)4)26-13-11-25(5)12-14-26;/h8-10,16,19H,6-7,11-15H2,1-5H3,(H3,22,23,24);1H. The van der Waals surface area contributed by atoms with Gasteiger partial charge in [0, 0.05) is 37.9 Å². The summed E-state index contributed by atoms with van der Waals surface area (Å²) >= 11 is 0. The quantitative estimate of drug-likeness (QED) is 0.352. The van der Waals surface area contributed by atoms with Gasteiger partial charge in [0.2, 0.25) is 0 Å². The largest absolute Gasteiger partial charge is 0.370 e. The van der Waals surface area contributed by atoms with Crippen molar-refractivity contribution in [1.82, 2.24) is 9.80 Å². The highest BCUT2D eigenvalue weighted by Gasteiger charge is 2.24. The summed E-state index contributed by atoms with van der Waals surface area (Å²) in [7, 11) is 2.19. The van der Waals surface area contributed by atoms with E-state index in [9.17, 15) is 0 Å². The van der Waals surface area contributed by atoms with Gasteiger partial charge in [0.05, 0.1) is 6.54 Å². The summed E-state index contributed by atoms with van der Waals surface area (Å²) in [6.45, 7) is 14.1. The van der Waals surface area contributed by atoms with Crippen LogP contribution in [-0.4, -0.2) is 61.6 Å². The number of aliphatic imine (C=N–C) groups is 1. The predicted octanol–water partition coefficient (Wildman–Crippen LogP) is 3.43. The van der Waals surface area contributed by atoms with Crippen molar-refractivity contribution < 1.29 is 0 Å². The second kappa shape index (κ2) is 11.9. The molecule has 1 fully saturated rings. The Morgan fingerprint density at radius 1 is 1.11 bits per heavy atom. The van der Waals surface area contributed by atoms with Gasteiger partial charge in [-0.05, 0) is 36.9 Å². The number of piperazine rings is 1. The molecule has 1 aromatic rings. The zero-order valence-corrected chi connectivity index (χ0v) is 20.0. The van der Waals surface area contributed by atoms with Gasteiger partial charge in [-0.25, -0.2) is 0 Å². The highest BCUT2D eigenvalue weighted by atomic mass is 127. The minimum Gasteiger partial charge on any atom is -0.370 e. The van der Waals surface area contributed by atoms with E-state index in [1.54, 1.807) is 0 Å². The maximum absolute atomic E-state index is 6.27. The van der Waals surface area contributed by atoms with Crippen LogP contribution in [0.5, 0.6) is 0 Å². The number of aryl methyl sites for hydroxylation is 2. The van der Waals surface area contributed by atoms with Gasteiger partial charge >= 0.3 is 0 Å². The van der Waals surface area contributed by atoms with Crippen molar-refractivity contribution in [3.63, 3.8) is 0 Å². The lowest BCUT2D eigenvalue weighted by molar-refractivity contribution is 0.0926. The molecule has 154 valence electrons. The van der Waals surface area contributed by atoms with Crippen molar-refractivity contribution in [2.45, 2.75) is 46.6 Å². The van der Waals surface area contributed by atoms with Crippen molar-refractivity contribution in [1.29, 1.82) is 0 Å². The van der Waals surface area contributed by atoms with Gasteiger partial charge < -0.3 is 16.0 Å². The molecular formula is C21H38IN5. The number of nitrogens with zero attached hydrogens (tertiary/aromatic N) is 3. The zero-order valence-electron chi connectivity index (χ0n) is 17.7. The number of anilines is 1. The fraction of sp³-hybridized carbons (Fsp3) is 0.667. The molecule has 0 saturated carbocycles. The number of para-hydroxylation sites is 1. The van der Waals surface area contributed by atoms with E-state index in [4.69, 9.17) is 10.7 Å². The van der Waals surface area contributed by atoms with Crippen molar-refractivity contribution in [2.24, 2.45) is 16.6 Å². The SMILES string of the molecule is CCc1cccc(CC)c1NC(N)=NCC(C(C)C)N1CCN(C)CC1.I. The maximum atomic E-state index is 6.27. The lowest BCUT2D eigenvalue weighted by Gasteiger charge is -2.39. The molecule has 1 saturated heterocycles. The third-order valence-electron chi connectivity index (χ3n) is 5.48. The molecule has 0 aromatic heterocycles. The number of nitrogens with two attached hydrogens (primary N) is 1. The number of hydrogen-bond acceptors (Lipinski definition) is 3. The fourth-order valence-electron chi connectivity index (χ4n) is 3.66. The van der Waals surface area contributed by atoms with Crippen LogP contribution in [0.2, 0.25) is 0 Å². The number of guanidine groups is 1. The molecule has 0 radical (unpaired) electrons. The summed E-state index contributed by atoms with van der Waals surface area (Å²) in [5.74, 6) is 1.09. The molecule has 0 amide bonds. The first-order valence-corrected chi connectivity index (χ1v) is 10.1. The number of nitrogens with one attached hydrogen (secondary N) is 1. The lowest BCUT2D eigenvalue weighted by atomic mass is 10.0. The van der Waals surface area contributed by atoms with Crippen LogP contribution >= 0.6 is 24.0 Å². The predicted molar refractivity (Wildman–Crippen MR) is 128 cm³/mol. The van der Waals surface area contributed by atoms with E-state index in [2.05, 4.69) is 68.1 Å². The first-order valence-electron chi connectivity index (χ1n) is 10.1. The van der Waals surface area contributed by atoms with Crippen LogP contribution in [0.1, 0.15) is 38.8 Å². The molecule has 6 heteroatoms. The Morgan fingerprint density at radius 2 is 1.67 bits per heavy atom. The van der Waals surface area contributed by atoms with Gasteiger partial charge in [-0.3, -0.25) is 9.89 Å². The van der Waals surface area contributed by atoms with Crippen LogP contribution in [0.15, 0.2) is 23.2 Å². The van der Waals surface area contributed by atoms with Gasteiger partial charge in [0.25, 0.3) is 0 Å². The first-order chi connectivity index (χ1) is 12.5. The van der Waals surface area contributed by atoms with Crippen molar-refractivity contribution in [2.75, 3.05) is 45.1 Å².